The lowest BCUT2D eigenvalue weighted by Gasteiger charge is -1.96. The van der Waals surface area contributed by atoms with Crippen LogP contribution in [0.25, 0.3) is 0 Å². The predicted molar refractivity (Wildman–Crippen MR) is 45.7 cm³/mol. The predicted octanol–water partition coefficient (Wildman–Crippen LogP) is 2.69. The highest BCUT2D eigenvalue weighted by molar-refractivity contribution is 6.29. The van der Waals surface area contributed by atoms with E-state index in [1.54, 1.807) is 0 Å². The molecule has 1 fully saturated rings. The Morgan fingerprint density at radius 3 is 2.82 bits per heavy atom. The van der Waals surface area contributed by atoms with E-state index < -0.39 is 0 Å². The second kappa shape index (κ2) is 2.82. The third-order valence-corrected chi connectivity index (χ3v) is 2.23. The van der Waals surface area contributed by atoms with Gasteiger partial charge < -0.3 is 0 Å². The zero-order valence-corrected chi connectivity index (χ0v) is 7.01. The summed E-state index contributed by atoms with van der Waals surface area (Å²) in [5, 5.41) is 0.588. The maximum atomic E-state index is 5.65. The smallest absolute Gasteiger partial charge is 0.129 e. The Bertz CT molecular complexity index is 238. The minimum atomic E-state index is 0.588. The highest BCUT2D eigenvalue weighted by atomic mass is 35.5. The van der Waals surface area contributed by atoms with Gasteiger partial charge in [-0.1, -0.05) is 17.7 Å². The third-order valence-electron chi connectivity index (χ3n) is 2.01. The Hall–Kier alpha value is -0.560. The number of pyridine rings is 1. The quantitative estimate of drug-likeness (QED) is 0.618. The highest BCUT2D eigenvalue weighted by Gasteiger charge is 2.21. The van der Waals surface area contributed by atoms with Gasteiger partial charge >= 0.3 is 0 Å². The van der Waals surface area contributed by atoms with Gasteiger partial charge in [0.1, 0.15) is 5.15 Å². The van der Waals surface area contributed by atoms with Crippen LogP contribution in [0.2, 0.25) is 5.15 Å². The second-order valence-corrected chi connectivity index (χ2v) is 3.52. The first-order chi connectivity index (χ1) is 5.34. The van der Waals surface area contributed by atoms with Crippen LogP contribution in [0.3, 0.4) is 0 Å². The fourth-order valence-corrected chi connectivity index (χ4v) is 1.29. The molecule has 1 saturated carbocycles. The van der Waals surface area contributed by atoms with Crippen LogP contribution < -0.4 is 0 Å². The summed E-state index contributed by atoms with van der Waals surface area (Å²) >= 11 is 5.65. The van der Waals surface area contributed by atoms with E-state index in [2.05, 4.69) is 11.1 Å². The summed E-state index contributed by atoms with van der Waals surface area (Å²) in [6, 6.07) is 3.92. The van der Waals surface area contributed by atoms with Crippen molar-refractivity contribution in [3.05, 3.63) is 29.0 Å². The van der Waals surface area contributed by atoms with Gasteiger partial charge in [0.15, 0.2) is 0 Å². The van der Waals surface area contributed by atoms with Gasteiger partial charge in [-0.25, -0.2) is 4.98 Å². The zero-order valence-electron chi connectivity index (χ0n) is 6.26. The molecule has 1 aliphatic rings. The highest BCUT2D eigenvalue weighted by Crippen LogP contribution is 2.32. The van der Waals surface area contributed by atoms with Gasteiger partial charge in [-0.2, -0.15) is 0 Å². The van der Waals surface area contributed by atoms with Crippen LogP contribution in [0.5, 0.6) is 0 Å². The van der Waals surface area contributed by atoms with E-state index in [-0.39, 0.29) is 0 Å². The molecule has 2 rings (SSSR count). The molecule has 0 spiro atoms. The van der Waals surface area contributed by atoms with E-state index in [1.807, 2.05) is 12.3 Å². The van der Waals surface area contributed by atoms with Gasteiger partial charge in [0.05, 0.1) is 0 Å². The molecule has 0 amide bonds. The fraction of sp³-hybridized carbons (Fsp3) is 0.444. The van der Waals surface area contributed by atoms with E-state index in [9.17, 15) is 0 Å². The van der Waals surface area contributed by atoms with E-state index in [0.29, 0.717) is 5.15 Å². The van der Waals surface area contributed by atoms with Crippen LogP contribution in [-0.2, 0) is 6.42 Å². The molecule has 0 aromatic carbocycles. The lowest BCUT2D eigenvalue weighted by molar-refractivity contribution is 0.827. The van der Waals surface area contributed by atoms with Crippen molar-refractivity contribution in [2.45, 2.75) is 19.3 Å². The molecular formula is C9H10ClN. The van der Waals surface area contributed by atoms with Crippen molar-refractivity contribution in [2.24, 2.45) is 5.92 Å². The molecule has 1 aromatic rings. The molecule has 0 saturated heterocycles. The van der Waals surface area contributed by atoms with Crippen LogP contribution in [0.1, 0.15) is 18.4 Å². The summed E-state index contributed by atoms with van der Waals surface area (Å²) < 4.78 is 0. The van der Waals surface area contributed by atoms with Gasteiger partial charge in [0.2, 0.25) is 0 Å². The summed E-state index contributed by atoms with van der Waals surface area (Å²) in [5.41, 5.74) is 1.32. The third kappa shape index (κ3) is 1.93. The minimum Gasteiger partial charge on any atom is -0.244 e. The number of rotatable bonds is 2. The van der Waals surface area contributed by atoms with Crippen LogP contribution in [0, 0.1) is 5.92 Å². The molecule has 58 valence electrons. The summed E-state index contributed by atoms with van der Waals surface area (Å²) in [6.07, 6.45) is 5.84. The van der Waals surface area contributed by atoms with Crippen molar-refractivity contribution in [2.75, 3.05) is 0 Å². The molecule has 2 heteroatoms. The van der Waals surface area contributed by atoms with Crippen molar-refractivity contribution >= 4 is 11.6 Å². The molecule has 1 nitrogen and oxygen atoms in total. The molecule has 1 aliphatic carbocycles. The van der Waals surface area contributed by atoms with E-state index >= 15 is 0 Å². The monoisotopic (exact) mass is 167 g/mol. The number of nitrogens with zero attached hydrogens (tertiary/aromatic N) is 1. The van der Waals surface area contributed by atoms with E-state index in [1.165, 1.54) is 24.8 Å². The minimum absolute atomic E-state index is 0.588. The van der Waals surface area contributed by atoms with E-state index in [4.69, 9.17) is 11.6 Å². The fourth-order valence-electron chi connectivity index (χ4n) is 1.18. The molecule has 0 bridgehead atoms. The topological polar surface area (TPSA) is 12.9 Å². The summed E-state index contributed by atoms with van der Waals surface area (Å²) in [6.45, 7) is 0. The number of hydrogen-bond donors (Lipinski definition) is 0. The normalized spacial score (nSPS) is 16.8. The van der Waals surface area contributed by atoms with Crippen LogP contribution >= 0.6 is 11.6 Å². The maximum absolute atomic E-state index is 5.65. The summed E-state index contributed by atoms with van der Waals surface area (Å²) in [7, 11) is 0. The summed E-state index contributed by atoms with van der Waals surface area (Å²) in [5.74, 6) is 0.929. The number of aromatic nitrogens is 1. The molecule has 1 aromatic heterocycles. The Balaban J connectivity index is 2.06. The molecule has 1 heterocycles. The largest absolute Gasteiger partial charge is 0.244 e. The summed E-state index contributed by atoms with van der Waals surface area (Å²) in [4.78, 5) is 4.03. The Kier molecular flexibility index (Phi) is 1.82. The molecule has 0 unspecified atom stereocenters. The van der Waals surface area contributed by atoms with E-state index in [0.717, 1.165) is 5.92 Å². The van der Waals surface area contributed by atoms with Crippen LogP contribution in [-0.4, -0.2) is 4.98 Å². The first kappa shape index (κ1) is 7.11. The second-order valence-electron chi connectivity index (χ2n) is 3.14. The van der Waals surface area contributed by atoms with Crippen molar-refractivity contribution in [3.8, 4) is 0 Å². The van der Waals surface area contributed by atoms with Crippen molar-refractivity contribution < 1.29 is 0 Å². The Labute approximate surface area is 71.4 Å². The molecule has 0 radical (unpaired) electrons. The average Bonchev–Trinajstić information content (AvgIpc) is 2.78. The standard InChI is InChI=1S/C9H10ClN/c10-9-4-3-8(6-11-9)5-7-1-2-7/h3-4,6-7H,1-2,5H2. The van der Waals surface area contributed by atoms with Gasteiger partial charge in [-0.05, 0) is 36.8 Å². The first-order valence-electron chi connectivity index (χ1n) is 3.95. The lowest BCUT2D eigenvalue weighted by atomic mass is 10.1. The lowest BCUT2D eigenvalue weighted by Crippen LogP contribution is -1.87. The maximum Gasteiger partial charge on any atom is 0.129 e. The van der Waals surface area contributed by atoms with Gasteiger partial charge in [0.25, 0.3) is 0 Å². The number of hydrogen-bond acceptors (Lipinski definition) is 1. The number of halogens is 1. The molecule has 11 heavy (non-hydrogen) atoms. The van der Waals surface area contributed by atoms with Crippen LogP contribution in [0.4, 0.5) is 0 Å². The van der Waals surface area contributed by atoms with Crippen LogP contribution in [0.15, 0.2) is 18.3 Å². The first-order valence-corrected chi connectivity index (χ1v) is 4.33. The zero-order chi connectivity index (χ0) is 7.68. The molecule has 0 N–H and O–H groups in total. The Morgan fingerprint density at radius 1 is 1.45 bits per heavy atom. The van der Waals surface area contributed by atoms with Crippen molar-refractivity contribution in [1.29, 1.82) is 0 Å². The van der Waals surface area contributed by atoms with Crippen molar-refractivity contribution in [3.63, 3.8) is 0 Å². The van der Waals surface area contributed by atoms with Gasteiger partial charge in [-0.15, -0.1) is 0 Å². The van der Waals surface area contributed by atoms with Gasteiger partial charge in [0, 0.05) is 6.20 Å². The molecule has 0 aliphatic heterocycles. The molecule has 0 atom stereocenters. The van der Waals surface area contributed by atoms with Gasteiger partial charge in [-0.3, -0.25) is 0 Å². The molecular weight excluding hydrogens is 158 g/mol. The SMILES string of the molecule is Clc1ccc(CC2CC2)cn1. The average molecular weight is 168 g/mol. The van der Waals surface area contributed by atoms with Crippen molar-refractivity contribution in [1.82, 2.24) is 4.98 Å². The Morgan fingerprint density at radius 2 is 2.27 bits per heavy atom.